The van der Waals surface area contributed by atoms with Crippen molar-refractivity contribution in [3.8, 4) is 0 Å². The molecule has 0 aliphatic carbocycles. The average molecular weight is 225 g/mol. The summed E-state index contributed by atoms with van der Waals surface area (Å²) in [5.74, 6) is 0. The van der Waals surface area contributed by atoms with Crippen molar-refractivity contribution in [1.82, 2.24) is 15.4 Å². The number of ether oxygens (including phenoxy) is 2. The fourth-order valence-electron chi connectivity index (χ4n) is 1.67. The van der Waals surface area contributed by atoms with Gasteiger partial charge in [0.15, 0.2) is 12.6 Å². The zero-order chi connectivity index (χ0) is 11.2. The van der Waals surface area contributed by atoms with Gasteiger partial charge in [0.2, 0.25) is 0 Å². The van der Waals surface area contributed by atoms with E-state index in [0.717, 1.165) is 25.9 Å². The monoisotopic (exact) mass is 225 g/mol. The minimum Gasteiger partial charge on any atom is -0.353 e. The number of carbonyl (C=O) groups excluding carboxylic acids is 1. The van der Waals surface area contributed by atoms with Crippen LogP contribution in [0.2, 0.25) is 0 Å². The number of rotatable bonds is 5. The predicted molar refractivity (Wildman–Crippen MR) is 55.0 cm³/mol. The van der Waals surface area contributed by atoms with Crippen LogP contribution in [0.15, 0.2) is 0 Å². The second-order valence-electron chi connectivity index (χ2n) is 3.69. The summed E-state index contributed by atoms with van der Waals surface area (Å²) in [5, 5.41) is 10.0. The molecule has 1 atom stereocenters. The van der Waals surface area contributed by atoms with E-state index in [4.69, 9.17) is 9.47 Å². The van der Waals surface area contributed by atoms with Crippen LogP contribution >= 0.6 is 0 Å². The molecular formula is C10H15N3O3. The summed E-state index contributed by atoms with van der Waals surface area (Å²) in [6, 6.07) is 0. The number of hydrogen-bond donors (Lipinski definition) is 1. The van der Waals surface area contributed by atoms with Crippen molar-refractivity contribution in [1.29, 1.82) is 0 Å². The summed E-state index contributed by atoms with van der Waals surface area (Å²) in [6.07, 6.45) is 4.37. The molecule has 16 heavy (non-hydrogen) atoms. The van der Waals surface area contributed by atoms with E-state index in [-0.39, 0.29) is 6.29 Å². The molecule has 0 radical (unpaired) electrons. The Morgan fingerprint density at radius 3 is 3.19 bits per heavy atom. The Morgan fingerprint density at radius 2 is 2.44 bits per heavy atom. The van der Waals surface area contributed by atoms with Gasteiger partial charge in [-0.15, -0.1) is 0 Å². The van der Waals surface area contributed by atoms with Crippen LogP contribution < -0.4 is 0 Å². The highest BCUT2D eigenvalue weighted by atomic mass is 16.7. The molecule has 0 aromatic carbocycles. The molecule has 1 unspecified atom stereocenters. The van der Waals surface area contributed by atoms with Gasteiger partial charge in [0, 0.05) is 13.0 Å². The van der Waals surface area contributed by atoms with Crippen molar-refractivity contribution >= 4 is 6.29 Å². The molecule has 1 aromatic heterocycles. The SMILES string of the molecule is O=Cc1n[nH]nc1CCOC1CCCCO1. The molecule has 1 fully saturated rings. The lowest BCUT2D eigenvalue weighted by molar-refractivity contribution is -0.161. The lowest BCUT2D eigenvalue weighted by atomic mass is 10.2. The number of H-pyrrole nitrogens is 1. The van der Waals surface area contributed by atoms with Crippen molar-refractivity contribution in [2.24, 2.45) is 0 Å². The molecule has 0 spiro atoms. The summed E-state index contributed by atoms with van der Waals surface area (Å²) in [7, 11) is 0. The summed E-state index contributed by atoms with van der Waals surface area (Å²) in [4.78, 5) is 10.6. The Labute approximate surface area is 93.3 Å². The maximum Gasteiger partial charge on any atom is 0.172 e. The highest BCUT2D eigenvalue weighted by Crippen LogP contribution is 2.13. The molecule has 0 bridgehead atoms. The van der Waals surface area contributed by atoms with Gasteiger partial charge in [-0.25, -0.2) is 0 Å². The van der Waals surface area contributed by atoms with Gasteiger partial charge in [-0.3, -0.25) is 4.79 Å². The molecule has 6 heteroatoms. The van der Waals surface area contributed by atoms with Crippen molar-refractivity contribution in [2.75, 3.05) is 13.2 Å². The molecule has 2 rings (SSSR count). The molecule has 1 aromatic rings. The molecule has 1 aliphatic rings. The van der Waals surface area contributed by atoms with Crippen LogP contribution in [0.25, 0.3) is 0 Å². The fourth-order valence-corrected chi connectivity index (χ4v) is 1.67. The van der Waals surface area contributed by atoms with Crippen LogP contribution in [0.1, 0.15) is 35.4 Å². The topological polar surface area (TPSA) is 77.1 Å². The number of nitrogens with one attached hydrogen (secondary N) is 1. The third kappa shape index (κ3) is 2.86. The Morgan fingerprint density at radius 1 is 1.50 bits per heavy atom. The van der Waals surface area contributed by atoms with E-state index in [1.807, 2.05) is 0 Å². The summed E-state index contributed by atoms with van der Waals surface area (Å²) >= 11 is 0. The summed E-state index contributed by atoms with van der Waals surface area (Å²) in [6.45, 7) is 1.27. The van der Waals surface area contributed by atoms with Gasteiger partial charge in [0.1, 0.15) is 5.69 Å². The van der Waals surface area contributed by atoms with E-state index in [2.05, 4.69) is 15.4 Å². The summed E-state index contributed by atoms with van der Waals surface area (Å²) < 4.78 is 11.0. The Hall–Kier alpha value is -1.27. The van der Waals surface area contributed by atoms with Gasteiger partial charge in [0.05, 0.1) is 12.3 Å². The molecule has 0 amide bonds. The van der Waals surface area contributed by atoms with Crippen LogP contribution in [0.3, 0.4) is 0 Å². The third-order valence-electron chi connectivity index (χ3n) is 2.54. The first-order valence-corrected chi connectivity index (χ1v) is 5.48. The predicted octanol–water partition coefficient (Wildman–Crippen LogP) is 0.703. The van der Waals surface area contributed by atoms with E-state index in [9.17, 15) is 4.79 Å². The lowest BCUT2D eigenvalue weighted by Gasteiger charge is -2.22. The van der Waals surface area contributed by atoms with E-state index >= 15 is 0 Å². The van der Waals surface area contributed by atoms with Crippen LogP contribution in [-0.2, 0) is 15.9 Å². The van der Waals surface area contributed by atoms with Crippen molar-refractivity contribution < 1.29 is 14.3 Å². The first-order chi connectivity index (χ1) is 7.90. The summed E-state index contributed by atoms with van der Waals surface area (Å²) in [5.41, 5.74) is 0.999. The number of aromatic nitrogens is 3. The van der Waals surface area contributed by atoms with Gasteiger partial charge in [-0.2, -0.15) is 15.4 Å². The normalized spacial score (nSPS) is 20.9. The molecule has 1 N–H and O–H groups in total. The first-order valence-electron chi connectivity index (χ1n) is 5.48. The number of hydrogen-bond acceptors (Lipinski definition) is 5. The molecule has 1 aliphatic heterocycles. The van der Waals surface area contributed by atoms with Crippen molar-refractivity contribution in [3.05, 3.63) is 11.4 Å². The minimum absolute atomic E-state index is 0.0969. The minimum atomic E-state index is -0.0969. The zero-order valence-electron chi connectivity index (χ0n) is 9.02. The van der Waals surface area contributed by atoms with E-state index in [1.54, 1.807) is 0 Å². The Balaban J connectivity index is 1.73. The third-order valence-corrected chi connectivity index (χ3v) is 2.54. The highest BCUT2D eigenvalue weighted by molar-refractivity contribution is 5.72. The highest BCUT2D eigenvalue weighted by Gasteiger charge is 2.14. The second kappa shape index (κ2) is 5.72. The molecule has 0 saturated carbocycles. The van der Waals surface area contributed by atoms with E-state index in [1.165, 1.54) is 0 Å². The Kier molecular flexibility index (Phi) is 4.01. The van der Waals surface area contributed by atoms with E-state index in [0.29, 0.717) is 30.7 Å². The molecular weight excluding hydrogens is 210 g/mol. The van der Waals surface area contributed by atoms with Gasteiger partial charge in [0.25, 0.3) is 0 Å². The maximum absolute atomic E-state index is 10.6. The van der Waals surface area contributed by atoms with Gasteiger partial charge < -0.3 is 9.47 Å². The molecule has 88 valence electrons. The Bertz CT molecular complexity index is 334. The standard InChI is InChI=1S/C10H15N3O3/c14-7-9-8(11-13-12-9)4-6-16-10-3-1-2-5-15-10/h7,10H,1-6H2,(H,11,12,13). The van der Waals surface area contributed by atoms with Gasteiger partial charge in [-0.1, -0.05) is 0 Å². The number of nitrogens with zero attached hydrogens (tertiary/aromatic N) is 2. The number of aldehydes is 1. The van der Waals surface area contributed by atoms with Crippen LogP contribution in [0, 0.1) is 0 Å². The van der Waals surface area contributed by atoms with Crippen LogP contribution in [-0.4, -0.2) is 41.2 Å². The maximum atomic E-state index is 10.6. The fraction of sp³-hybridized carbons (Fsp3) is 0.700. The number of aromatic amines is 1. The van der Waals surface area contributed by atoms with Gasteiger partial charge >= 0.3 is 0 Å². The first kappa shape index (κ1) is 11.2. The van der Waals surface area contributed by atoms with Gasteiger partial charge in [-0.05, 0) is 19.3 Å². The van der Waals surface area contributed by atoms with E-state index < -0.39 is 0 Å². The largest absolute Gasteiger partial charge is 0.353 e. The smallest absolute Gasteiger partial charge is 0.172 e. The second-order valence-corrected chi connectivity index (χ2v) is 3.69. The quantitative estimate of drug-likeness (QED) is 0.746. The molecule has 6 nitrogen and oxygen atoms in total. The molecule has 2 heterocycles. The zero-order valence-corrected chi connectivity index (χ0v) is 9.02. The van der Waals surface area contributed by atoms with Crippen molar-refractivity contribution in [3.63, 3.8) is 0 Å². The van der Waals surface area contributed by atoms with Crippen molar-refractivity contribution in [2.45, 2.75) is 32.0 Å². The number of carbonyl (C=O) groups is 1. The average Bonchev–Trinajstić information content (AvgIpc) is 2.78. The molecule has 1 saturated heterocycles. The van der Waals surface area contributed by atoms with Crippen LogP contribution in [0.5, 0.6) is 0 Å². The van der Waals surface area contributed by atoms with Crippen LogP contribution in [0.4, 0.5) is 0 Å². The lowest BCUT2D eigenvalue weighted by Crippen LogP contribution is -2.23.